The van der Waals surface area contributed by atoms with Crippen molar-refractivity contribution in [2.75, 3.05) is 39.4 Å². The van der Waals surface area contributed by atoms with Gasteiger partial charge in [-0.2, -0.15) is 0 Å². The lowest BCUT2D eigenvalue weighted by Crippen LogP contribution is -2.70. The first-order valence-corrected chi connectivity index (χ1v) is 28.1. The Morgan fingerprint density at radius 3 is 2.26 bits per heavy atom. The molecule has 13 heteroatoms. The summed E-state index contributed by atoms with van der Waals surface area (Å²) in [6, 6.07) is 24.5. The number of methoxy groups -OCH3 is 2. The largest absolute Gasteiger partial charge is 0.497 e. The van der Waals surface area contributed by atoms with Crippen LogP contribution in [0.15, 0.2) is 108 Å². The number of fused-ring (bicyclic) bond motifs is 3. The third kappa shape index (κ3) is 14.4. The van der Waals surface area contributed by atoms with Crippen LogP contribution in [0.5, 0.6) is 23.0 Å². The highest BCUT2D eigenvalue weighted by molar-refractivity contribution is 6.03. The minimum Gasteiger partial charge on any atom is -0.497 e. The van der Waals surface area contributed by atoms with E-state index in [0.29, 0.717) is 54.5 Å². The Morgan fingerprint density at radius 2 is 1.55 bits per heavy atom. The summed E-state index contributed by atoms with van der Waals surface area (Å²) >= 11 is 0. The summed E-state index contributed by atoms with van der Waals surface area (Å²) < 4.78 is 32.0. The van der Waals surface area contributed by atoms with E-state index in [2.05, 4.69) is 55.2 Å². The van der Waals surface area contributed by atoms with E-state index >= 15 is 4.79 Å². The molecule has 0 spiro atoms. The number of carbonyl (C=O) groups excluding carboxylic acids is 2. The molecule has 1 saturated carbocycles. The number of nitrogens with zero attached hydrogens (tertiary/aromatic N) is 2. The Hall–Kier alpha value is -5.89. The van der Waals surface area contributed by atoms with Crippen molar-refractivity contribution >= 4 is 34.2 Å². The Kier molecular flexibility index (Phi) is 21.3. The molecule has 1 heterocycles. The van der Waals surface area contributed by atoms with Crippen molar-refractivity contribution in [2.45, 2.75) is 167 Å². The normalized spacial score (nSPS) is 21.2. The van der Waals surface area contributed by atoms with E-state index in [1.165, 1.54) is 39.2 Å². The monoisotopic (exact) mass is 1040 g/mol. The first-order valence-electron chi connectivity index (χ1n) is 28.1. The van der Waals surface area contributed by atoms with Crippen LogP contribution in [0.25, 0.3) is 10.8 Å². The van der Waals surface area contributed by atoms with Gasteiger partial charge in [-0.3, -0.25) is 10.1 Å². The van der Waals surface area contributed by atoms with Crippen LogP contribution in [0.2, 0.25) is 0 Å². The number of hydrogen-bond donors (Lipinski definition) is 3. The molecule has 0 bridgehead atoms. The number of oxime groups is 1. The second kappa shape index (κ2) is 27.9. The lowest BCUT2D eigenvalue weighted by molar-refractivity contribution is -0.258. The Balaban J connectivity index is 1.39. The summed E-state index contributed by atoms with van der Waals surface area (Å²) in [4.78, 5) is 37.8. The van der Waals surface area contributed by atoms with Crippen molar-refractivity contribution in [1.29, 1.82) is 0 Å². The van der Waals surface area contributed by atoms with Gasteiger partial charge in [0.05, 0.1) is 38.1 Å². The average Bonchev–Trinajstić information content (AvgIpc) is 3.56. The molecular formula is C63H85N3O10. The van der Waals surface area contributed by atoms with E-state index in [1.807, 2.05) is 49.9 Å². The molecule has 4 aromatic carbocycles. The second-order valence-corrected chi connectivity index (χ2v) is 21.8. The molecule has 3 N–H and O–H groups in total. The summed E-state index contributed by atoms with van der Waals surface area (Å²) in [5.41, 5.74) is 3.27. The molecule has 412 valence electrons. The highest BCUT2D eigenvalue weighted by Crippen LogP contribution is 2.62. The minimum atomic E-state index is -1.47. The average molecular weight is 1040 g/mol. The number of hydrogen-bond acceptors (Lipinski definition) is 11. The third-order valence-corrected chi connectivity index (χ3v) is 15.3. The molecule has 1 fully saturated rings. The number of amides is 2. The third-order valence-electron chi connectivity index (χ3n) is 15.3. The van der Waals surface area contributed by atoms with Gasteiger partial charge in [0.2, 0.25) is 11.7 Å². The molecule has 4 aromatic rings. The first kappa shape index (κ1) is 57.8. The number of aliphatic hydroxyl groups excluding tert-OH is 2. The summed E-state index contributed by atoms with van der Waals surface area (Å²) in [5.74, 6) is -0.496. The predicted molar refractivity (Wildman–Crippen MR) is 301 cm³/mol. The predicted octanol–water partition coefficient (Wildman–Crippen LogP) is 13.8. The fourth-order valence-electron chi connectivity index (χ4n) is 11.8. The quantitative estimate of drug-likeness (QED) is 0.0272. The van der Waals surface area contributed by atoms with Crippen molar-refractivity contribution in [2.24, 2.45) is 22.9 Å². The zero-order valence-electron chi connectivity index (χ0n) is 46.2. The fraction of sp³-hybridized carbons (Fsp3) is 0.540. The smallest absolute Gasteiger partial charge is 0.417 e. The van der Waals surface area contributed by atoms with Crippen molar-refractivity contribution in [3.05, 3.63) is 114 Å². The summed E-state index contributed by atoms with van der Waals surface area (Å²) in [7, 11) is 3.08. The second-order valence-electron chi connectivity index (χ2n) is 21.8. The zero-order valence-corrected chi connectivity index (χ0v) is 46.2. The number of benzene rings is 4. The highest BCUT2D eigenvalue weighted by atomic mass is 16.7. The molecule has 0 saturated heterocycles. The topological polar surface area (TPSA) is 158 Å². The van der Waals surface area contributed by atoms with Gasteiger partial charge in [-0.15, -0.1) is 6.58 Å². The first-order chi connectivity index (χ1) is 36.9. The van der Waals surface area contributed by atoms with Gasteiger partial charge in [-0.1, -0.05) is 131 Å². The van der Waals surface area contributed by atoms with Crippen LogP contribution in [0, 0.1) is 17.8 Å². The summed E-state index contributed by atoms with van der Waals surface area (Å²) in [6.45, 7) is 12.9. The standard InChI is InChI=1S/C63H85N3O10/c1-8-10-11-12-13-14-15-16-17-31-58(69)66(43-46-28-24-27-44-25-18-19-29-49(44)46)57-42-54(65-76-62(3,4)5)51-39-45(26-20-22-36-67)50(30-21-23-37-68)59-52-40-48(33-35-55(52)75-63(57,60(51)59)73-38-9-2)74-61(70)64-53-34-32-47(71-6)41-56(53)72-7/h9,18-19,24-25,27-29,32-35,39-41,45,50,57,59-60,67-68H,2,8,10-17,20-23,26,30-31,36-38,42-43H2,1,3-7H3,(H,64,70). The Morgan fingerprint density at radius 1 is 0.842 bits per heavy atom. The van der Waals surface area contributed by atoms with Crippen LogP contribution in [-0.4, -0.2) is 84.3 Å². The number of allylic oxidation sites excluding steroid dienone is 1. The molecule has 7 rings (SSSR count). The van der Waals surface area contributed by atoms with Crippen LogP contribution >= 0.6 is 0 Å². The van der Waals surface area contributed by atoms with Crippen LogP contribution in [0.1, 0.15) is 154 Å². The van der Waals surface area contributed by atoms with Gasteiger partial charge in [0, 0.05) is 50.1 Å². The van der Waals surface area contributed by atoms with Gasteiger partial charge in [0.25, 0.3) is 0 Å². The van der Waals surface area contributed by atoms with E-state index in [9.17, 15) is 15.0 Å². The van der Waals surface area contributed by atoms with Gasteiger partial charge in [-0.05, 0) is 117 Å². The maximum atomic E-state index is 15.6. The molecule has 6 atom stereocenters. The number of aliphatic hydroxyl groups is 2. The van der Waals surface area contributed by atoms with Crippen LogP contribution in [-0.2, 0) is 20.9 Å². The van der Waals surface area contributed by atoms with E-state index in [1.54, 1.807) is 37.5 Å². The lowest BCUT2D eigenvalue weighted by Gasteiger charge is -2.60. The summed E-state index contributed by atoms with van der Waals surface area (Å²) in [5, 5.41) is 30.3. The van der Waals surface area contributed by atoms with Crippen LogP contribution in [0.4, 0.5) is 10.5 Å². The molecule has 3 aliphatic rings. The maximum Gasteiger partial charge on any atom is 0.417 e. The van der Waals surface area contributed by atoms with Crippen molar-refractivity contribution in [3.63, 3.8) is 0 Å². The SMILES string of the molecule is C=CCOC12Oc3ccc(OC(=O)Nc4ccc(OC)cc4OC)cc3C3C(CCCCO)C(CCCCO)C=C(C(=NOC(C)(C)C)CC1N(Cc1cccc4ccccc14)C(=O)CCCCCCCCCCC)C32. The molecule has 13 nitrogen and oxygen atoms in total. The van der Waals surface area contributed by atoms with Gasteiger partial charge >= 0.3 is 6.09 Å². The van der Waals surface area contributed by atoms with Gasteiger partial charge in [0.15, 0.2) is 0 Å². The molecule has 2 aliphatic carbocycles. The maximum absolute atomic E-state index is 15.6. The number of ether oxygens (including phenoxy) is 5. The van der Waals surface area contributed by atoms with Crippen LogP contribution in [0.3, 0.4) is 0 Å². The minimum absolute atomic E-state index is 0.0106. The molecule has 2 amide bonds. The van der Waals surface area contributed by atoms with E-state index in [4.69, 9.17) is 33.7 Å². The molecule has 6 unspecified atom stereocenters. The Labute approximate surface area is 452 Å². The molecule has 76 heavy (non-hydrogen) atoms. The number of anilines is 1. The number of unbranched alkanes of at least 4 members (excludes halogenated alkanes) is 10. The van der Waals surface area contributed by atoms with Gasteiger partial charge < -0.3 is 43.6 Å². The van der Waals surface area contributed by atoms with Crippen molar-refractivity contribution < 1.29 is 48.3 Å². The molecular weight excluding hydrogens is 959 g/mol. The number of carbonyl (C=O) groups is 2. The van der Waals surface area contributed by atoms with E-state index < -0.39 is 29.4 Å². The molecule has 1 aliphatic heterocycles. The van der Waals surface area contributed by atoms with Gasteiger partial charge in [0.1, 0.15) is 34.6 Å². The number of rotatable bonds is 29. The van der Waals surface area contributed by atoms with Crippen molar-refractivity contribution in [1.82, 2.24) is 4.90 Å². The van der Waals surface area contributed by atoms with Crippen molar-refractivity contribution in [3.8, 4) is 23.0 Å². The van der Waals surface area contributed by atoms with E-state index in [0.717, 1.165) is 84.6 Å². The lowest BCUT2D eigenvalue weighted by atomic mass is 9.55. The molecule has 0 aromatic heterocycles. The fourth-order valence-corrected chi connectivity index (χ4v) is 11.8. The molecule has 0 radical (unpaired) electrons. The van der Waals surface area contributed by atoms with Gasteiger partial charge in [-0.25, -0.2) is 4.79 Å². The number of nitrogens with one attached hydrogen (secondary N) is 1. The van der Waals surface area contributed by atoms with Crippen LogP contribution < -0.4 is 24.3 Å². The van der Waals surface area contributed by atoms with E-state index in [-0.39, 0.29) is 49.9 Å². The highest BCUT2D eigenvalue weighted by Gasteiger charge is 2.65. The summed E-state index contributed by atoms with van der Waals surface area (Å²) in [6.07, 6.45) is 18.5. The Bertz CT molecular complexity index is 2600. The zero-order chi connectivity index (χ0) is 54.1.